The second-order valence-corrected chi connectivity index (χ2v) is 14.9. The third-order valence-corrected chi connectivity index (χ3v) is 11.6. The number of benzene rings is 8. The van der Waals surface area contributed by atoms with Gasteiger partial charge in [0.25, 0.3) is 0 Å². The molecule has 272 valence electrons. The Hall–Kier alpha value is -7.82. The predicted octanol–water partition coefficient (Wildman–Crippen LogP) is 14.9. The van der Waals surface area contributed by atoms with E-state index in [0.29, 0.717) is 0 Å². The van der Waals surface area contributed by atoms with Crippen LogP contribution in [0.5, 0.6) is 0 Å². The number of furan rings is 2. The molecule has 0 atom stereocenters. The van der Waals surface area contributed by atoms with Crippen molar-refractivity contribution in [3.8, 4) is 56.1 Å². The van der Waals surface area contributed by atoms with E-state index in [-0.39, 0.29) is 0 Å². The molecule has 0 saturated heterocycles. The molecule has 12 aromatic rings. The molecule has 0 aliphatic carbocycles. The van der Waals surface area contributed by atoms with Crippen molar-refractivity contribution in [3.63, 3.8) is 0 Å². The van der Waals surface area contributed by atoms with Gasteiger partial charge in [0.1, 0.15) is 22.3 Å². The first-order chi connectivity index (χ1) is 28.8. The first kappa shape index (κ1) is 32.4. The summed E-state index contributed by atoms with van der Waals surface area (Å²) in [5, 5.41) is 4.41. The van der Waals surface area contributed by atoms with Crippen LogP contribution in [0.3, 0.4) is 0 Å². The second kappa shape index (κ2) is 12.9. The molecule has 0 N–H and O–H groups in total. The van der Waals surface area contributed by atoms with Gasteiger partial charge in [-0.3, -0.25) is 0 Å². The topological polar surface area (TPSA) is 36.1 Å². The third kappa shape index (κ3) is 5.02. The molecule has 58 heavy (non-hydrogen) atoms. The molecular weight excluding hydrogens is 709 g/mol. The van der Waals surface area contributed by atoms with Crippen LogP contribution in [0.15, 0.2) is 215 Å². The lowest BCUT2D eigenvalue weighted by molar-refractivity contribution is 0.669. The van der Waals surface area contributed by atoms with Gasteiger partial charge in [0, 0.05) is 44.0 Å². The minimum atomic E-state index is 0.870. The minimum Gasteiger partial charge on any atom is -0.455 e. The van der Waals surface area contributed by atoms with Gasteiger partial charge >= 0.3 is 0 Å². The molecular formula is C54H34N2O2. The molecule has 0 bridgehead atoms. The van der Waals surface area contributed by atoms with Crippen molar-refractivity contribution in [3.05, 3.63) is 206 Å². The van der Waals surface area contributed by atoms with Crippen LogP contribution in [0.2, 0.25) is 0 Å². The van der Waals surface area contributed by atoms with Gasteiger partial charge in [-0.25, -0.2) is 0 Å². The van der Waals surface area contributed by atoms with Crippen LogP contribution >= 0.6 is 0 Å². The molecule has 0 unspecified atom stereocenters. The van der Waals surface area contributed by atoms with E-state index in [4.69, 9.17) is 8.83 Å². The Morgan fingerprint density at radius 3 is 1.14 bits per heavy atom. The second-order valence-electron chi connectivity index (χ2n) is 14.9. The van der Waals surface area contributed by atoms with Gasteiger partial charge in [-0.2, -0.15) is 0 Å². The summed E-state index contributed by atoms with van der Waals surface area (Å²) < 4.78 is 18.2. The molecule has 4 heteroatoms. The third-order valence-electron chi connectivity index (χ3n) is 11.6. The van der Waals surface area contributed by atoms with Crippen molar-refractivity contribution in [2.24, 2.45) is 0 Å². The van der Waals surface area contributed by atoms with Gasteiger partial charge in [-0.05, 0) is 82.9 Å². The Bertz CT molecular complexity index is 3270. The molecule has 0 amide bonds. The number of para-hydroxylation sites is 4. The van der Waals surface area contributed by atoms with Crippen LogP contribution in [0.1, 0.15) is 0 Å². The highest BCUT2D eigenvalue weighted by molar-refractivity contribution is 6.12. The van der Waals surface area contributed by atoms with Crippen LogP contribution in [0.4, 0.5) is 0 Å². The van der Waals surface area contributed by atoms with Crippen LogP contribution in [-0.2, 0) is 0 Å². The summed E-state index contributed by atoms with van der Waals surface area (Å²) in [7, 11) is 0. The molecule has 12 rings (SSSR count). The molecule has 4 nitrogen and oxygen atoms in total. The van der Waals surface area contributed by atoms with Gasteiger partial charge in [-0.15, -0.1) is 0 Å². The summed E-state index contributed by atoms with van der Waals surface area (Å²) in [6.07, 6.45) is 0. The first-order valence-electron chi connectivity index (χ1n) is 19.7. The van der Waals surface area contributed by atoms with Crippen molar-refractivity contribution < 1.29 is 8.83 Å². The van der Waals surface area contributed by atoms with Crippen molar-refractivity contribution in [2.75, 3.05) is 0 Å². The van der Waals surface area contributed by atoms with E-state index >= 15 is 0 Å². The van der Waals surface area contributed by atoms with E-state index in [1.807, 2.05) is 12.1 Å². The van der Waals surface area contributed by atoms with E-state index in [1.54, 1.807) is 0 Å². The normalized spacial score (nSPS) is 11.8. The largest absolute Gasteiger partial charge is 0.455 e. The molecule has 0 radical (unpaired) electrons. The minimum absolute atomic E-state index is 0.870. The molecule has 0 spiro atoms. The molecule has 0 aliphatic rings. The van der Waals surface area contributed by atoms with E-state index in [1.165, 1.54) is 11.1 Å². The molecule has 0 aliphatic heterocycles. The average Bonchev–Trinajstić information content (AvgIpc) is 4.06. The smallest absolute Gasteiger partial charge is 0.144 e. The highest BCUT2D eigenvalue weighted by Crippen LogP contribution is 2.45. The number of rotatable bonds is 6. The number of nitrogens with zero attached hydrogens (tertiary/aromatic N) is 2. The van der Waals surface area contributed by atoms with Crippen LogP contribution in [-0.4, -0.2) is 9.13 Å². The number of hydrogen-bond acceptors (Lipinski definition) is 2. The summed E-state index contributed by atoms with van der Waals surface area (Å²) in [4.78, 5) is 0. The molecule has 0 saturated carbocycles. The van der Waals surface area contributed by atoms with E-state index in [0.717, 1.165) is 99.9 Å². The zero-order valence-corrected chi connectivity index (χ0v) is 31.3. The van der Waals surface area contributed by atoms with E-state index in [9.17, 15) is 0 Å². The van der Waals surface area contributed by atoms with Crippen molar-refractivity contribution >= 4 is 54.9 Å². The SMILES string of the molecule is c1ccc(-c2cccc(-n3c(-c4cccc5c4oc4ccccc45)cc4c3cc(-c3cccc5c3oc3ccccc35)n4-c3cccc(-c4ccccc4)c3)c2)cc1. The van der Waals surface area contributed by atoms with Crippen LogP contribution < -0.4 is 0 Å². The molecule has 0 fully saturated rings. The fraction of sp³-hybridized carbons (Fsp3) is 0. The highest BCUT2D eigenvalue weighted by Gasteiger charge is 2.25. The summed E-state index contributed by atoms with van der Waals surface area (Å²) in [6, 6.07) is 73.2. The quantitative estimate of drug-likeness (QED) is 0.170. The highest BCUT2D eigenvalue weighted by atomic mass is 16.3. The summed E-state index contributed by atoms with van der Waals surface area (Å²) in [5.74, 6) is 0. The summed E-state index contributed by atoms with van der Waals surface area (Å²) in [6.45, 7) is 0. The van der Waals surface area contributed by atoms with Crippen molar-refractivity contribution in [2.45, 2.75) is 0 Å². The molecule has 4 heterocycles. The fourth-order valence-electron chi connectivity index (χ4n) is 8.91. The summed E-state index contributed by atoms with van der Waals surface area (Å²) in [5.41, 5.74) is 16.5. The first-order valence-corrected chi connectivity index (χ1v) is 19.7. The maximum absolute atomic E-state index is 6.71. The zero-order valence-electron chi connectivity index (χ0n) is 31.3. The summed E-state index contributed by atoms with van der Waals surface area (Å²) >= 11 is 0. The van der Waals surface area contributed by atoms with Gasteiger partial charge in [-0.1, -0.05) is 146 Å². The fourth-order valence-corrected chi connectivity index (χ4v) is 8.91. The molecule has 4 aromatic heterocycles. The Labute approximate surface area is 334 Å². The number of hydrogen-bond donors (Lipinski definition) is 0. The predicted molar refractivity (Wildman–Crippen MR) is 239 cm³/mol. The Morgan fingerprint density at radius 1 is 0.293 bits per heavy atom. The number of fused-ring (bicyclic) bond motifs is 7. The van der Waals surface area contributed by atoms with E-state index < -0.39 is 0 Å². The van der Waals surface area contributed by atoms with Crippen molar-refractivity contribution in [1.29, 1.82) is 0 Å². The maximum Gasteiger partial charge on any atom is 0.144 e. The van der Waals surface area contributed by atoms with Gasteiger partial charge in [0.15, 0.2) is 0 Å². The van der Waals surface area contributed by atoms with Crippen LogP contribution in [0, 0.1) is 0 Å². The van der Waals surface area contributed by atoms with Gasteiger partial charge in [0.05, 0.1) is 22.4 Å². The van der Waals surface area contributed by atoms with Gasteiger partial charge in [0.2, 0.25) is 0 Å². The van der Waals surface area contributed by atoms with E-state index in [2.05, 4.69) is 203 Å². The van der Waals surface area contributed by atoms with Crippen molar-refractivity contribution in [1.82, 2.24) is 9.13 Å². The Morgan fingerprint density at radius 2 is 0.672 bits per heavy atom. The van der Waals surface area contributed by atoms with Gasteiger partial charge < -0.3 is 18.0 Å². The Kier molecular flexibility index (Phi) is 7.20. The lowest BCUT2D eigenvalue weighted by Crippen LogP contribution is -1.98. The maximum atomic E-state index is 6.71. The lowest BCUT2D eigenvalue weighted by Gasteiger charge is -2.14. The van der Waals surface area contributed by atoms with Crippen LogP contribution in [0.25, 0.3) is 111 Å². The standard InChI is InChI=1S/C54H34N2O2/c1-3-15-35(16-4-1)37-19-11-21-39(31-37)55-47(45-27-13-25-43-41-23-7-9-29-51(41)57-53(43)45)33-50-49(55)34-48(46-28-14-26-44-42-24-8-10-30-52(42)58-54(44)46)56(50)40-22-12-20-38(32-40)36-17-5-2-6-18-36/h1-34H. The molecule has 8 aromatic carbocycles. The number of aromatic nitrogens is 2. The zero-order chi connectivity index (χ0) is 38.2. The lowest BCUT2D eigenvalue weighted by atomic mass is 10.0. The Balaban J connectivity index is 1.20. The average molecular weight is 743 g/mol. The monoisotopic (exact) mass is 742 g/mol.